The molecule has 0 bridgehead atoms. The van der Waals surface area contributed by atoms with Gasteiger partial charge in [0.15, 0.2) is 5.65 Å². The number of hydrogen-bond acceptors (Lipinski definition) is 4. The normalized spacial score (nSPS) is 17.8. The summed E-state index contributed by atoms with van der Waals surface area (Å²) >= 11 is 0. The first-order chi connectivity index (χ1) is 11.4. The van der Waals surface area contributed by atoms with Crippen molar-refractivity contribution in [2.24, 2.45) is 0 Å². The van der Waals surface area contributed by atoms with E-state index in [9.17, 15) is 9.90 Å². The van der Waals surface area contributed by atoms with Crippen LogP contribution in [-0.2, 0) is 0 Å². The van der Waals surface area contributed by atoms with Crippen LogP contribution in [0.25, 0.3) is 11.2 Å². The summed E-state index contributed by atoms with van der Waals surface area (Å²) in [4.78, 5) is 24.7. The second-order valence-electron chi connectivity index (χ2n) is 7.38. The van der Waals surface area contributed by atoms with Gasteiger partial charge in [-0.25, -0.2) is 9.97 Å². The third-order valence-electron chi connectivity index (χ3n) is 5.07. The summed E-state index contributed by atoms with van der Waals surface area (Å²) in [5.74, 6) is 0.197. The summed E-state index contributed by atoms with van der Waals surface area (Å²) in [6, 6.07) is -0.371. The number of aromatic nitrogens is 3. The summed E-state index contributed by atoms with van der Waals surface area (Å²) < 4.78 is 0. The maximum absolute atomic E-state index is 12.6. The Labute approximate surface area is 142 Å². The number of nitrogens with zero attached hydrogens (tertiary/aromatic N) is 2. The molecule has 2 aromatic heterocycles. The van der Waals surface area contributed by atoms with Crippen LogP contribution in [-0.4, -0.2) is 37.6 Å². The molecule has 24 heavy (non-hydrogen) atoms. The minimum Gasteiger partial charge on any atom is -0.388 e. The van der Waals surface area contributed by atoms with Gasteiger partial charge in [-0.05, 0) is 33.6 Å². The fraction of sp³-hybridized carbons (Fsp3) is 0.611. The summed E-state index contributed by atoms with van der Waals surface area (Å²) in [7, 11) is 0. The quantitative estimate of drug-likeness (QED) is 0.804. The van der Waals surface area contributed by atoms with Gasteiger partial charge in [0.2, 0.25) is 0 Å². The van der Waals surface area contributed by atoms with Crippen LogP contribution in [0.1, 0.15) is 74.8 Å². The molecule has 1 aliphatic carbocycles. The summed E-state index contributed by atoms with van der Waals surface area (Å²) in [5.41, 5.74) is 1.70. The van der Waals surface area contributed by atoms with Crippen LogP contribution in [0.3, 0.4) is 0 Å². The molecule has 0 radical (unpaired) electrons. The van der Waals surface area contributed by atoms with Crippen molar-refractivity contribution in [3.63, 3.8) is 0 Å². The van der Waals surface area contributed by atoms with Crippen LogP contribution in [0.2, 0.25) is 0 Å². The van der Waals surface area contributed by atoms with Crippen LogP contribution in [0, 0.1) is 0 Å². The highest BCUT2D eigenvalue weighted by Gasteiger charge is 2.26. The van der Waals surface area contributed by atoms with E-state index in [-0.39, 0.29) is 11.9 Å². The summed E-state index contributed by atoms with van der Waals surface area (Å²) in [6.07, 6.45) is 9.50. The zero-order chi connectivity index (χ0) is 17.3. The van der Waals surface area contributed by atoms with Crippen LogP contribution < -0.4 is 5.32 Å². The minimum atomic E-state index is -0.985. The first kappa shape index (κ1) is 16.9. The third kappa shape index (κ3) is 3.43. The molecule has 1 aliphatic rings. The predicted octanol–water partition coefficient (Wildman–Crippen LogP) is 2.89. The highest BCUT2D eigenvalue weighted by Crippen LogP contribution is 2.32. The van der Waals surface area contributed by atoms with E-state index in [1.807, 2.05) is 6.20 Å². The Bertz CT molecular complexity index is 726. The first-order valence-electron chi connectivity index (χ1n) is 8.73. The largest absolute Gasteiger partial charge is 0.388 e. The Kier molecular flexibility index (Phi) is 4.58. The Morgan fingerprint density at radius 1 is 1.38 bits per heavy atom. The van der Waals surface area contributed by atoms with Crippen molar-refractivity contribution in [2.75, 3.05) is 0 Å². The Balaban J connectivity index is 1.87. The lowest BCUT2D eigenvalue weighted by molar-refractivity contribution is 0.0409. The van der Waals surface area contributed by atoms with E-state index < -0.39 is 5.60 Å². The van der Waals surface area contributed by atoms with Crippen molar-refractivity contribution in [3.05, 3.63) is 23.7 Å². The number of fused-ring (bicyclic) bond motifs is 1. The molecule has 2 heterocycles. The molecule has 3 N–H and O–H groups in total. The van der Waals surface area contributed by atoms with Crippen molar-refractivity contribution in [2.45, 2.75) is 70.4 Å². The molecule has 2 aromatic rings. The number of aromatic amines is 1. The number of nitrogens with one attached hydrogen (secondary N) is 2. The molecule has 0 unspecified atom stereocenters. The van der Waals surface area contributed by atoms with Crippen molar-refractivity contribution >= 4 is 17.1 Å². The van der Waals surface area contributed by atoms with Gasteiger partial charge in [-0.1, -0.05) is 19.3 Å². The van der Waals surface area contributed by atoms with Crippen molar-refractivity contribution in [3.8, 4) is 0 Å². The SMILES string of the molecule is C[C@H](NC(=O)c1c[nH]c2ncc(C3CCCCC3)nc12)C(C)(C)O. The van der Waals surface area contributed by atoms with Crippen molar-refractivity contribution in [1.82, 2.24) is 20.3 Å². The van der Waals surface area contributed by atoms with Gasteiger partial charge in [0.1, 0.15) is 5.52 Å². The second-order valence-corrected chi connectivity index (χ2v) is 7.38. The van der Waals surface area contributed by atoms with Gasteiger partial charge < -0.3 is 15.4 Å². The summed E-state index contributed by atoms with van der Waals surface area (Å²) in [6.45, 7) is 5.13. The van der Waals surface area contributed by atoms with E-state index in [2.05, 4.69) is 15.3 Å². The van der Waals surface area contributed by atoms with E-state index in [1.54, 1.807) is 27.0 Å². The Morgan fingerprint density at radius 2 is 2.08 bits per heavy atom. The molecule has 0 aromatic carbocycles. The second kappa shape index (κ2) is 6.51. The fourth-order valence-corrected chi connectivity index (χ4v) is 3.12. The van der Waals surface area contributed by atoms with Crippen LogP contribution >= 0.6 is 0 Å². The number of amides is 1. The molecule has 3 rings (SSSR count). The van der Waals surface area contributed by atoms with E-state index >= 15 is 0 Å². The molecule has 6 nitrogen and oxygen atoms in total. The smallest absolute Gasteiger partial charge is 0.255 e. The monoisotopic (exact) mass is 330 g/mol. The molecule has 1 amide bonds. The van der Waals surface area contributed by atoms with Crippen LogP contribution in [0.4, 0.5) is 0 Å². The zero-order valence-corrected chi connectivity index (χ0v) is 14.6. The molecular weight excluding hydrogens is 304 g/mol. The number of rotatable bonds is 4. The van der Waals surface area contributed by atoms with Gasteiger partial charge in [-0.15, -0.1) is 0 Å². The lowest BCUT2D eigenvalue weighted by Gasteiger charge is -2.26. The highest BCUT2D eigenvalue weighted by atomic mass is 16.3. The van der Waals surface area contributed by atoms with Crippen molar-refractivity contribution in [1.29, 1.82) is 0 Å². The fourth-order valence-electron chi connectivity index (χ4n) is 3.12. The van der Waals surface area contributed by atoms with Gasteiger partial charge >= 0.3 is 0 Å². The lowest BCUT2D eigenvalue weighted by atomic mass is 9.87. The van der Waals surface area contributed by atoms with Crippen LogP contribution in [0.5, 0.6) is 0 Å². The number of H-pyrrole nitrogens is 1. The molecule has 0 spiro atoms. The van der Waals surface area contributed by atoms with Crippen molar-refractivity contribution < 1.29 is 9.90 Å². The minimum absolute atomic E-state index is 0.244. The molecular formula is C18H26N4O2. The number of hydrogen-bond donors (Lipinski definition) is 3. The average Bonchev–Trinajstić information content (AvgIpc) is 2.97. The number of aliphatic hydroxyl groups is 1. The van der Waals surface area contributed by atoms with E-state index in [4.69, 9.17) is 4.98 Å². The highest BCUT2D eigenvalue weighted by molar-refractivity contribution is 6.04. The molecule has 1 saturated carbocycles. The van der Waals surface area contributed by atoms with E-state index in [1.165, 1.54) is 19.3 Å². The molecule has 1 fully saturated rings. The van der Waals surface area contributed by atoms with Gasteiger partial charge in [-0.3, -0.25) is 4.79 Å². The van der Waals surface area contributed by atoms with Gasteiger partial charge in [0, 0.05) is 12.1 Å². The lowest BCUT2D eigenvalue weighted by Crippen LogP contribution is -2.47. The Morgan fingerprint density at radius 3 is 2.75 bits per heavy atom. The standard InChI is InChI=1S/C18H26N4O2/c1-11(18(2,3)24)21-17(23)13-9-19-16-15(13)22-14(10-20-16)12-7-5-4-6-8-12/h9-12,24H,4-8H2,1-3H3,(H,19,20)(H,21,23)/t11-/m0/s1. The summed E-state index contributed by atoms with van der Waals surface area (Å²) in [5, 5.41) is 12.8. The molecule has 0 saturated heterocycles. The Hall–Kier alpha value is -1.95. The maximum Gasteiger partial charge on any atom is 0.255 e. The average molecular weight is 330 g/mol. The van der Waals surface area contributed by atoms with Gasteiger partial charge in [-0.2, -0.15) is 0 Å². The zero-order valence-electron chi connectivity index (χ0n) is 14.6. The van der Waals surface area contributed by atoms with Crippen LogP contribution in [0.15, 0.2) is 12.4 Å². The molecule has 1 atom stereocenters. The van der Waals surface area contributed by atoms with E-state index in [0.29, 0.717) is 22.6 Å². The van der Waals surface area contributed by atoms with Gasteiger partial charge in [0.05, 0.1) is 29.1 Å². The number of carbonyl (C=O) groups is 1. The molecule has 0 aliphatic heterocycles. The van der Waals surface area contributed by atoms with E-state index in [0.717, 1.165) is 18.5 Å². The molecule has 130 valence electrons. The maximum atomic E-state index is 12.6. The topological polar surface area (TPSA) is 90.9 Å². The third-order valence-corrected chi connectivity index (χ3v) is 5.07. The predicted molar refractivity (Wildman–Crippen MR) is 92.9 cm³/mol. The molecule has 6 heteroatoms. The van der Waals surface area contributed by atoms with Gasteiger partial charge in [0.25, 0.3) is 5.91 Å². The first-order valence-corrected chi connectivity index (χ1v) is 8.73. The number of carbonyl (C=O) groups excluding carboxylic acids is 1.